The maximum absolute atomic E-state index is 11.0. The van der Waals surface area contributed by atoms with Gasteiger partial charge in [0.2, 0.25) is 5.13 Å². The van der Waals surface area contributed by atoms with Crippen molar-refractivity contribution in [2.45, 2.75) is 59.3 Å². The number of thiazole rings is 1. The fourth-order valence-electron chi connectivity index (χ4n) is 3.35. The Labute approximate surface area is 165 Å². The average molecular weight is 382 g/mol. The Kier molecular flexibility index (Phi) is 4.85. The topological polar surface area (TPSA) is 57.8 Å². The molecule has 0 radical (unpaired) electrons. The minimum Gasteiger partial charge on any atom is -0.507 e. The second-order valence-corrected chi connectivity index (χ2v) is 9.97. The standard InChI is InChI=1S/C22H27N3OS/c1-13-16(24-25-20-23-15-10-8-9-11-17(15)27-20)12-14(21(2,3)4)19(26)18(13)22(5,6)7/h8-12,26H,1-7H3. The molecule has 0 aliphatic heterocycles. The highest BCUT2D eigenvalue weighted by molar-refractivity contribution is 7.21. The van der Waals surface area contributed by atoms with Crippen LogP contribution in [-0.4, -0.2) is 10.1 Å². The quantitative estimate of drug-likeness (QED) is 0.473. The summed E-state index contributed by atoms with van der Waals surface area (Å²) in [5.74, 6) is 0.367. The number of hydrogen-bond donors (Lipinski definition) is 1. The van der Waals surface area contributed by atoms with E-state index in [2.05, 4.69) is 56.8 Å². The number of rotatable bonds is 2. The number of aromatic hydroxyl groups is 1. The Balaban J connectivity index is 2.14. The van der Waals surface area contributed by atoms with Gasteiger partial charge in [-0.1, -0.05) is 65.0 Å². The number of para-hydroxylation sites is 1. The fourth-order valence-corrected chi connectivity index (χ4v) is 4.13. The highest BCUT2D eigenvalue weighted by atomic mass is 32.1. The van der Waals surface area contributed by atoms with E-state index in [-0.39, 0.29) is 10.8 Å². The van der Waals surface area contributed by atoms with Gasteiger partial charge < -0.3 is 5.11 Å². The monoisotopic (exact) mass is 381 g/mol. The third-order valence-corrected chi connectivity index (χ3v) is 5.54. The first-order chi connectivity index (χ1) is 12.5. The van der Waals surface area contributed by atoms with Crippen LogP contribution in [0.25, 0.3) is 10.2 Å². The Morgan fingerprint density at radius 2 is 1.63 bits per heavy atom. The Bertz CT molecular complexity index is 987. The Morgan fingerprint density at radius 3 is 2.22 bits per heavy atom. The minimum absolute atomic E-state index is 0.197. The van der Waals surface area contributed by atoms with Crippen molar-refractivity contribution in [2.75, 3.05) is 0 Å². The van der Waals surface area contributed by atoms with Crippen LogP contribution < -0.4 is 0 Å². The van der Waals surface area contributed by atoms with E-state index >= 15 is 0 Å². The van der Waals surface area contributed by atoms with Crippen LogP contribution in [0.15, 0.2) is 40.6 Å². The van der Waals surface area contributed by atoms with Gasteiger partial charge in [0, 0.05) is 11.1 Å². The van der Waals surface area contributed by atoms with E-state index in [0.717, 1.165) is 32.6 Å². The van der Waals surface area contributed by atoms with Crippen LogP contribution >= 0.6 is 11.3 Å². The van der Waals surface area contributed by atoms with E-state index in [1.165, 1.54) is 11.3 Å². The summed E-state index contributed by atoms with van der Waals surface area (Å²) in [4.78, 5) is 4.53. The first-order valence-corrected chi connectivity index (χ1v) is 9.95. The van der Waals surface area contributed by atoms with Crippen LogP contribution in [0.1, 0.15) is 58.2 Å². The van der Waals surface area contributed by atoms with Gasteiger partial charge in [-0.3, -0.25) is 0 Å². The summed E-state index contributed by atoms with van der Waals surface area (Å²) in [5.41, 5.74) is 4.09. The summed E-state index contributed by atoms with van der Waals surface area (Å²) < 4.78 is 1.10. The summed E-state index contributed by atoms with van der Waals surface area (Å²) in [5, 5.41) is 20.5. The Morgan fingerprint density at radius 1 is 0.963 bits per heavy atom. The van der Waals surface area contributed by atoms with Crippen molar-refractivity contribution in [3.63, 3.8) is 0 Å². The SMILES string of the molecule is Cc1c(N=Nc2nc3ccccc3s2)cc(C(C)(C)C)c(O)c1C(C)(C)C. The summed E-state index contributed by atoms with van der Waals surface area (Å²) in [6.07, 6.45) is 0. The van der Waals surface area contributed by atoms with Gasteiger partial charge in [-0.25, -0.2) is 4.98 Å². The van der Waals surface area contributed by atoms with Crippen molar-refractivity contribution in [2.24, 2.45) is 10.2 Å². The lowest BCUT2D eigenvalue weighted by Crippen LogP contribution is -2.18. The molecule has 3 aromatic rings. The Hall–Kier alpha value is -2.27. The molecule has 1 N–H and O–H groups in total. The molecule has 0 fully saturated rings. The normalized spacial score (nSPS) is 13.0. The second kappa shape index (κ2) is 6.71. The number of hydrogen-bond acceptors (Lipinski definition) is 5. The number of aromatic nitrogens is 1. The molecule has 0 unspecified atom stereocenters. The molecule has 0 saturated heterocycles. The molecule has 0 atom stereocenters. The molecule has 0 aliphatic carbocycles. The van der Waals surface area contributed by atoms with Crippen molar-refractivity contribution in [3.05, 3.63) is 47.0 Å². The lowest BCUT2D eigenvalue weighted by atomic mass is 9.77. The lowest BCUT2D eigenvalue weighted by Gasteiger charge is -2.29. The van der Waals surface area contributed by atoms with Crippen LogP contribution in [0.3, 0.4) is 0 Å². The van der Waals surface area contributed by atoms with Crippen LogP contribution in [0.2, 0.25) is 0 Å². The zero-order valence-corrected chi connectivity index (χ0v) is 17.9. The first-order valence-electron chi connectivity index (χ1n) is 9.13. The number of fused-ring (bicyclic) bond motifs is 1. The average Bonchev–Trinajstić information content (AvgIpc) is 2.94. The highest BCUT2D eigenvalue weighted by Crippen LogP contribution is 2.45. The molecule has 0 bridgehead atoms. The van der Waals surface area contributed by atoms with Crippen molar-refractivity contribution in [1.29, 1.82) is 0 Å². The van der Waals surface area contributed by atoms with Gasteiger partial charge in [0.15, 0.2) is 0 Å². The van der Waals surface area contributed by atoms with Gasteiger partial charge in [0.1, 0.15) is 5.75 Å². The molecular weight excluding hydrogens is 354 g/mol. The van der Waals surface area contributed by atoms with Crippen molar-refractivity contribution in [1.82, 2.24) is 4.98 Å². The van der Waals surface area contributed by atoms with Gasteiger partial charge >= 0.3 is 0 Å². The van der Waals surface area contributed by atoms with Gasteiger partial charge in [-0.05, 0) is 41.5 Å². The zero-order chi connectivity index (χ0) is 20.0. The molecule has 5 heteroatoms. The molecule has 27 heavy (non-hydrogen) atoms. The van der Waals surface area contributed by atoms with Gasteiger partial charge in [0.25, 0.3) is 0 Å². The van der Waals surface area contributed by atoms with E-state index in [1.807, 2.05) is 37.3 Å². The summed E-state index contributed by atoms with van der Waals surface area (Å²) >= 11 is 1.52. The van der Waals surface area contributed by atoms with Gasteiger partial charge in [-0.2, -0.15) is 0 Å². The molecule has 0 saturated carbocycles. The van der Waals surface area contributed by atoms with Crippen molar-refractivity contribution in [3.8, 4) is 5.75 Å². The molecule has 1 aromatic heterocycles. The third kappa shape index (κ3) is 3.88. The lowest BCUT2D eigenvalue weighted by molar-refractivity contribution is 0.422. The van der Waals surface area contributed by atoms with Gasteiger partial charge in [0.05, 0.1) is 15.9 Å². The molecule has 0 spiro atoms. The zero-order valence-electron chi connectivity index (χ0n) is 17.1. The summed E-state index contributed by atoms with van der Waals surface area (Å²) in [6, 6.07) is 9.94. The maximum atomic E-state index is 11.0. The summed E-state index contributed by atoms with van der Waals surface area (Å²) in [6.45, 7) is 14.6. The minimum atomic E-state index is -0.199. The van der Waals surface area contributed by atoms with Gasteiger partial charge in [-0.15, -0.1) is 10.2 Å². The van der Waals surface area contributed by atoms with E-state index in [9.17, 15) is 5.11 Å². The first kappa shape index (κ1) is 19.5. The fraction of sp³-hybridized carbons (Fsp3) is 0.409. The molecule has 0 aliphatic rings. The number of azo groups is 1. The largest absolute Gasteiger partial charge is 0.507 e. The number of benzene rings is 2. The summed E-state index contributed by atoms with van der Waals surface area (Å²) in [7, 11) is 0. The number of phenols is 1. The van der Waals surface area contributed by atoms with E-state index in [1.54, 1.807) is 0 Å². The maximum Gasteiger partial charge on any atom is 0.231 e. The van der Waals surface area contributed by atoms with Crippen molar-refractivity contribution >= 4 is 32.4 Å². The van der Waals surface area contributed by atoms with Crippen LogP contribution in [0.5, 0.6) is 5.75 Å². The number of phenolic OH excluding ortho intramolecular Hbond substituents is 1. The van der Waals surface area contributed by atoms with Crippen LogP contribution in [0.4, 0.5) is 10.8 Å². The highest BCUT2D eigenvalue weighted by Gasteiger charge is 2.29. The van der Waals surface area contributed by atoms with Crippen LogP contribution in [-0.2, 0) is 10.8 Å². The van der Waals surface area contributed by atoms with E-state index in [4.69, 9.17) is 0 Å². The molecule has 1 heterocycles. The van der Waals surface area contributed by atoms with E-state index in [0.29, 0.717) is 10.9 Å². The smallest absolute Gasteiger partial charge is 0.231 e. The van der Waals surface area contributed by atoms with E-state index < -0.39 is 0 Å². The molecule has 4 nitrogen and oxygen atoms in total. The number of nitrogens with zero attached hydrogens (tertiary/aromatic N) is 3. The second-order valence-electron chi connectivity index (χ2n) is 8.96. The molecule has 142 valence electrons. The van der Waals surface area contributed by atoms with Crippen LogP contribution in [0, 0.1) is 6.92 Å². The molecule has 0 amide bonds. The third-order valence-electron chi connectivity index (χ3n) is 4.62. The van der Waals surface area contributed by atoms with Crippen molar-refractivity contribution < 1.29 is 5.11 Å². The molecule has 2 aromatic carbocycles. The molecular formula is C22H27N3OS. The predicted octanol–water partition coefficient (Wildman–Crippen LogP) is 7.32. The molecule has 3 rings (SSSR count). The predicted molar refractivity (Wildman–Crippen MR) is 114 cm³/mol.